The Morgan fingerprint density at radius 1 is 0.667 bits per heavy atom. The SMILES string of the molecule is Cc1ccc(-c2nc3cccc(Cl)c3nc2-c2ccccc2)cc1. The van der Waals surface area contributed by atoms with E-state index in [1.54, 1.807) is 0 Å². The highest BCUT2D eigenvalue weighted by Crippen LogP contribution is 2.32. The van der Waals surface area contributed by atoms with Gasteiger partial charge >= 0.3 is 0 Å². The standard InChI is InChI=1S/C21H15ClN2/c1-14-10-12-16(13-11-14)19-20(15-6-3-2-4-7-15)24-21-17(22)8-5-9-18(21)23-19/h2-13H,1H3. The van der Waals surface area contributed by atoms with Crippen molar-refractivity contribution in [2.45, 2.75) is 6.92 Å². The van der Waals surface area contributed by atoms with Gasteiger partial charge in [0.2, 0.25) is 0 Å². The molecule has 0 radical (unpaired) electrons. The minimum absolute atomic E-state index is 0.618. The quantitative estimate of drug-likeness (QED) is 0.455. The summed E-state index contributed by atoms with van der Waals surface area (Å²) in [4.78, 5) is 9.71. The maximum absolute atomic E-state index is 6.33. The fraction of sp³-hybridized carbons (Fsp3) is 0.0476. The van der Waals surface area contributed by atoms with E-state index in [9.17, 15) is 0 Å². The normalized spacial score (nSPS) is 10.9. The van der Waals surface area contributed by atoms with Gasteiger partial charge in [0.15, 0.2) is 0 Å². The van der Waals surface area contributed by atoms with Crippen molar-refractivity contribution in [3.63, 3.8) is 0 Å². The van der Waals surface area contributed by atoms with Crippen LogP contribution in [-0.2, 0) is 0 Å². The molecule has 0 spiro atoms. The average Bonchev–Trinajstić information content (AvgIpc) is 2.62. The number of fused-ring (bicyclic) bond motifs is 1. The minimum Gasteiger partial charge on any atom is -0.244 e. The molecule has 0 amide bonds. The van der Waals surface area contributed by atoms with Crippen molar-refractivity contribution in [3.8, 4) is 22.5 Å². The third-order valence-electron chi connectivity index (χ3n) is 4.02. The van der Waals surface area contributed by atoms with Crippen molar-refractivity contribution in [2.75, 3.05) is 0 Å². The molecule has 0 fully saturated rings. The number of rotatable bonds is 2. The summed E-state index contributed by atoms with van der Waals surface area (Å²) < 4.78 is 0. The smallest absolute Gasteiger partial charge is 0.108 e. The second-order valence-corrected chi connectivity index (χ2v) is 6.17. The van der Waals surface area contributed by atoms with Crippen molar-refractivity contribution >= 4 is 22.6 Å². The number of aryl methyl sites for hydroxylation is 1. The van der Waals surface area contributed by atoms with Crippen molar-refractivity contribution in [1.29, 1.82) is 0 Å². The van der Waals surface area contributed by atoms with Crippen LogP contribution in [0.5, 0.6) is 0 Å². The third-order valence-corrected chi connectivity index (χ3v) is 4.32. The highest BCUT2D eigenvalue weighted by Gasteiger charge is 2.14. The molecular formula is C21H15ClN2. The molecule has 0 saturated carbocycles. The molecule has 4 rings (SSSR count). The molecule has 0 atom stereocenters. The largest absolute Gasteiger partial charge is 0.244 e. The first-order valence-corrected chi connectivity index (χ1v) is 8.19. The summed E-state index contributed by atoms with van der Waals surface area (Å²) in [6.07, 6.45) is 0. The lowest BCUT2D eigenvalue weighted by atomic mass is 10.0. The molecule has 0 saturated heterocycles. The molecule has 0 aliphatic carbocycles. The van der Waals surface area contributed by atoms with Gasteiger partial charge in [-0.2, -0.15) is 0 Å². The minimum atomic E-state index is 0.618. The van der Waals surface area contributed by atoms with Crippen LogP contribution < -0.4 is 0 Å². The monoisotopic (exact) mass is 330 g/mol. The Kier molecular flexibility index (Phi) is 3.75. The van der Waals surface area contributed by atoms with Gasteiger partial charge < -0.3 is 0 Å². The zero-order chi connectivity index (χ0) is 16.5. The van der Waals surface area contributed by atoms with Crippen molar-refractivity contribution < 1.29 is 0 Å². The molecular weight excluding hydrogens is 316 g/mol. The number of benzene rings is 3. The van der Waals surface area contributed by atoms with E-state index in [2.05, 4.69) is 31.2 Å². The van der Waals surface area contributed by atoms with Crippen molar-refractivity contribution in [1.82, 2.24) is 9.97 Å². The number of para-hydroxylation sites is 1. The van der Waals surface area contributed by atoms with E-state index >= 15 is 0 Å². The lowest BCUT2D eigenvalue weighted by Crippen LogP contribution is -1.96. The summed E-state index contributed by atoms with van der Waals surface area (Å²) in [5, 5.41) is 0.618. The highest BCUT2D eigenvalue weighted by atomic mass is 35.5. The number of hydrogen-bond acceptors (Lipinski definition) is 2. The molecule has 0 bridgehead atoms. The highest BCUT2D eigenvalue weighted by molar-refractivity contribution is 6.34. The van der Waals surface area contributed by atoms with Gasteiger partial charge in [0.25, 0.3) is 0 Å². The molecule has 4 aromatic rings. The van der Waals surface area contributed by atoms with Gasteiger partial charge in [0.1, 0.15) is 5.52 Å². The first-order valence-electron chi connectivity index (χ1n) is 7.81. The molecule has 3 aromatic carbocycles. The fourth-order valence-electron chi connectivity index (χ4n) is 2.75. The maximum atomic E-state index is 6.33. The van der Waals surface area contributed by atoms with E-state index < -0.39 is 0 Å². The van der Waals surface area contributed by atoms with Gasteiger partial charge in [0.05, 0.1) is 21.9 Å². The van der Waals surface area contributed by atoms with Crippen LogP contribution >= 0.6 is 11.6 Å². The van der Waals surface area contributed by atoms with Gasteiger partial charge in [-0.1, -0.05) is 77.8 Å². The maximum Gasteiger partial charge on any atom is 0.108 e. The first-order chi connectivity index (χ1) is 11.7. The van der Waals surface area contributed by atoms with E-state index in [0.29, 0.717) is 5.02 Å². The summed E-state index contributed by atoms with van der Waals surface area (Å²) in [5.74, 6) is 0. The molecule has 24 heavy (non-hydrogen) atoms. The van der Waals surface area contributed by atoms with Gasteiger partial charge in [-0.05, 0) is 19.1 Å². The number of nitrogens with zero attached hydrogens (tertiary/aromatic N) is 2. The summed E-state index contributed by atoms with van der Waals surface area (Å²) in [5.41, 5.74) is 6.55. The molecule has 0 aliphatic rings. The topological polar surface area (TPSA) is 25.8 Å². The third kappa shape index (κ3) is 2.66. The lowest BCUT2D eigenvalue weighted by Gasteiger charge is -2.11. The Labute approximate surface area is 145 Å². The van der Waals surface area contributed by atoms with E-state index in [-0.39, 0.29) is 0 Å². The second-order valence-electron chi connectivity index (χ2n) is 5.76. The molecule has 1 aromatic heterocycles. The van der Waals surface area contributed by atoms with Crippen LogP contribution in [0.25, 0.3) is 33.5 Å². The van der Waals surface area contributed by atoms with Crippen LogP contribution in [0.3, 0.4) is 0 Å². The molecule has 0 aliphatic heterocycles. The predicted molar refractivity (Wildman–Crippen MR) is 100 cm³/mol. The fourth-order valence-corrected chi connectivity index (χ4v) is 2.96. The Balaban J connectivity index is 2.04. The first kappa shape index (κ1) is 14.9. The summed E-state index contributed by atoms with van der Waals surface area (Å²) >= 11 is 6.33. The zero-order valence-corrected chi connectivity index (χ0v) is 14.0. The van der Waals surface area contributed by atoms with Crippen LogP contribution in [-0.4, -0.2) is 9.97 Å². The molecule has 2 nitrogen and oxygen atoms in total. The molecule has 0 unspecified atom stereocenters. The van der Waals surface area contributed by atoms with Crippen molar-refractivity contribution in [3.05, 3.63) is 83.4 Å². The van der Waals surface area contributed by atoms with Gasteiger partial charge in [-0.15, -0.1) is 0 Å². The number of aromatic nitrogens is 2. The summed E-state index contributed by atoms with van der Waals surface area (Å²) in [6, 6.07) is 24.1. The zero-order valence-electron chi connectivity index (χ0n) is 13.2. The second kappa shape index (κ2) is 6.06. The number of halogens is 1. The van der Waals surface area contributed by atoms with Crippen LogP contribution in [0.2, 0.25) is 5.02 Å². The van der Waals surface area contributed by atoms with Crippen LogP contribution in [0.1, 0.15) is 5.56 Å². The number of hydrogen-bond donors (Lipinski definition) is 0. The Morgan fingerprint density at radius 3 is 2.08 bits per heavy atom. The van der Waals surface area contributed by atoms with Crippen LogP contribution in [0.4, 0.5) is 0 Å². The van der Waals surface area contributed by atoms with E-state index in [1.807, 2.05) is 48.5 Å². The summed E-state index contributed by atoms with van der Waals surface area (Å²) in [7, 11) is 0. The van der Waals surface area contributed by atoms with Gasteiger partial charge in [-0.25, -0.2) is 9.97 Å². The van der Waals surface area contributed by atoms with Crippen molar-refractivity contribution in [2.24, 2.45) is 0 Å². The van der Waals surface area contributed by atoms with Gasteiger partial charge in [0, 0.05) is 11.1 Å². The Morgan fingerprint density at radius 2 is 1.33 bits per heavy atom. The Bertz CT molecular complexity index is 1010. The van der Waals surface area contributed by atoms with Crippen LogP contribution in [0.15, 0.2) is 72.8 Å². The van der Waals surface area contributed by atoms with Crippen LogP contribution in [0, 0.1) is 6.92 Å². The van der Waals surface area contributed by atoms with E-state index in [4.69, 9.17) is 21.6 Å². The molecule has 1 heterocycles. The lowest BCUT2D eigenvalue weighted by molar-refractivity contribution is 1.29. The molecule has 0 N–H and O–H groups in total. The summed E-state index contributed by atoms with van der Waals surface area (Å²) in [6.45, 7) is 2.08. The van der Waals surface area contributed by atoms with E-state index in [1.165, 1.54) is 5.56 Å². The van der Waals surface area contributed by atoms with Gasteiger partial charge in [-0.3, -0.25) is 0 Å². The average molecular weight is 331 g/mol. The predicted octanol–water partition coefficient (Wildman–Crippen LogP) is 5.93. The Hall–Kier alpha value is -2.71. The molecule has 3 heteroatoms. The molecule has 116 valence electrons. The van der Waals surface area contributed by atoms with E-state index in [0.717, 1.165) is 33.5 Å².